The van der Waals surface area contributed by atoms with Crippen molar-refractivity contribution in [1.29, 1.82) is 0 Å². The summed E-state index contributed by atoms with van der Waals surface area (Å²) in [5.41, 5.74) is 0.584. The van der Waals surface area contributed by atoms with E-state index in [1.807, 2.05) is 59.5 Å². The first-order valence-corrected chi connectivity index (χ1v) is 11.7. The van der Waals surface area contributed by atoms with E-state index in [0.717, 1.165) is 37.8 Å². The highest BCUT2D eigenvalue weighted by atomic mass is 16.5. The van der Waals surface area contributed by atoms with Crippen LogP contribution in [0.15, 0.2) is 66.7 Å². The Labute approximate surface area is 194 Å². The molecule has 1 aromatic heterocycles. The summed E-state index contributed by atoms with van der Waals surface area (Å²) in [5.74, 6) is 3.12. The second-order valence-electron chi connectivity index (χ2n) is 8.49. The molecule has 0 saturated carbocycles. The predicted octanol–water partition coefficient (Wildman–Crippen LogP) is 4.22. The first kappa shape index (κ1) is 21.2. The molecule has 0 spiro atoms. The highest BCUT2D eigenvalue weighted by Crippen LogP contribution is 2.27. The van der Waals surface area contributed by atoms with Crippen molar-refractivity contribution in [2.45, 2.75) is 19.3 Å². The van der Waals surface area contributed by atoms with Crippen LogP contribution >= 0.6 is 0 Å². The number of piperazine rings is 1. The van der Waals surface area contributed by atoms with E-state index in [1.165, 1.54) is 19.3 Å². The zero-order valence-corrected chi connectivity index (χ0v) is 18.8. The maximum absolute atomic E-state index is 13.3. The van der Waals surface area contributed by atoms with Crippen molar-refractivity contribution in [2.75, 3.05) is 49.1 Å². The number of ether oxygens (including phenoxy) is 1. The van der Waals surface area contributed by atoms with Gasteiger partial charge in [0.05, 0.1) is 5.56 Å². The van der Waals surface area contributed by atoms with Crippen LogP contribution in [-0.2, 0) is 0 Å². The third-order valence-corrected chi connectivity index (χ3v) is 6.30. The Morgan fingerprint density at radius 1 is 0.667 bits per heavy atom. The normalized spacial score (nSPS) is 16.5. The zero-order valence-electron chi connectivity index (χ0n) is 18.8. The summed E-state index contributed by atoms with van der Waals surface area (Å²) in [4.78, 5) is 19.7. The molecule has 0 N–H and O–H groups in total. The van der Waals surface area contributed by atoms with Crippen molar-refractivity contribution in [3.8, 4) is 11.5 Å². The minimum atomic E-state index is -0.00675. The number of benzene rings is 2. The summed E-state index contributed by atoms with van der Waals surface area (Å²) < 4.78 is 5.99. The van der Waals surface area contributed by atoms with Gasteiger partial charge in [0.25, 0.3) is 5.91 Å². The second kappa shape index (κ2) is 9.90. The van der Waals surface area contributed by atoms with E-state index in [-0.39, 0.29) is 5.91 Å². The van der Waals surface area contributed by atoms with Crippen molar-refractivity contribution < 1.29 is 9.53 Å². The van der Waals surface area contributed by atoms with Crippen LogP contribution in [0, 0.1) is 0 Å². The molecule has 7 nitrogen and oxygen atoms in total. The highest BCUT2D eigenvalue weighted by molar-refractivity contribution is 5.97. The van der Waals surface area contributed by atoms with Gasteiger partial charge in [0.2, 0.25) is 0 Å². The summed E-state index contributed by atoms with van der Waals surface area (Å²) in [6.45, 7) is 4.84. The van der Waals surface area contributed by atoms with Gasteiger partial charge in [0.1, 0.15) is 11.5 Å². The van der Waals surface area contributed by atoms with Crippen molar-refractivity contribution in [3.05, 3.63) is 72.3 Å². The van der Waals surface area contributed by atoms with E-state index in [9.17, 15) is 4.79 Å². The van der Waals surface area contributed by atoms with E-state index < -0.39 is 0 Å². The van der Waals surface area contributed by atoms with Gasteiger partial charge in [-0.3, -0.25) is 4.79 Å². The molecule has 170 valence electrons. The van der Waals surface area contributed by atoms with Crippen LogP contribution < -0.4 is 14.5 Å². The Morgan fingerprint density at radius 3 is 1.94 bits per heavy atom. The predicted molar refractivity (Wildman–Crippen MR) is 129 cm³/mol. The molecule has 3 aromatic rings. The standard InChI is InChI=1S/C26H29N5O2/c32-26(22-11-5-6-12-23(22)33-21-9-3-1-4-10-21)31-19-17-30(18-20-31)25-14-13-24(27-28-25)29-15-7-2-8-16-29/h1,3-6,9-14H,2,7-8,15-20H2. The van der Waals surface area contributed by atoms with Crippen molar-refractivity contribution in [3.63, 3.8) is 0 Å². The van der Waals surface area contributed by atoms with Gasteiger partial charge < -0.3 is 19.4 Å². The van der Waals surface area contributed by atoms with Crippen LogP contribution in [-0.4, -0.2) is 60.3 Å². The molecular weight excluding hydrogens is 414 g/mol. The van der Waals surface area contributed by atoms with Crippen LogP contribution in [0.25, 0.3) is 0 Å². The molecule has 0 bridgehead atoms. The fourth-order valence-electron chi connectivity index (χ4n) is 4.44. The Kier molecular flexibility index (Phi) is 6.37. The molecule has 2 aliphatic heterocycles. The van der Waals surface area contributed by atoms with Crippen molar-refractivity contribution >= 4 is 17.5 Å². The third kappa shape index (κ3) is 4.92. The van der Waals surface area contributed by atoms with Gasteiger partial charge in [-0.1, -0.05) is 30.3 Å². The minimum absolute atomic E-state index is 0.00675. The number of rotatable bonds is 5. The van der Waals surface area contributed by atoms with Gasteiger partial charge in [0.15, 0.2) is 11.6 Å². The van der Waals surface area contributed by atoms with Crippen molar-refractivity contribution in [1.82, 2.24) is 15.1 Å². The van der Waals surface area contributed by atoms with Gasteiger partial charge in [-0.2, -0.15) is 0 Å². The molecule has 5 rings (SSSR count). The molecule has 2 fully saturated rings. The monoisotopic (exact) mass is 443 g/mol. The molecule has 1 amide bonds. The molecule has 0 unspecified atom stereocenters. The highest BCUT2D eigenvalue weighted by Gasteiger charge is 2.25. The molecule has 33 heavy (non-hydrogen) atoms. The molecule has 0 radical (unpaired) electrons. The van der Waals surface area contributed by atoms with E-state index in [0.29, 0.717) is 30.2 Å². The lowest BCUT2D eigenvalue weighted by molar-refractivity contribution is 0.0744. The molecule has 2 aromatic carbocycles. The van der Waals surface area contributed by atoms with E-state index >= 15 is 0 Å². The van der Waals surface area contributed by atoms with Crippen LogP contribution in [0.4, 0.5) is 11.6 Å². The minimum Gasteiger partial charge on any atom is -0.457 e. The van der Waals surface area contributed by atoms with E-state index in [1.54, 1.807) is 0 Å². The number of carbonyl (C=O) groups is 1. The van der Waals surface area contributed by atoms with Crippen molar-refractivity contribution in [2.24, 2.45) is 0 Å². The average Bonchev–Trinajstić information content (AvgIpc) is 2.90. The first-order valence-electron chi connectivity index (χ1n) is 11.7. The summed E-state index contributed by atoms with van der Waals surface area (Å²) in [6.07, 6.45) is 3.74. The molecular formula is C26H29N5O2. The lowest BCUT2D eigenvalue weighted by Crippen LogP contribution is -2.49. The lowest BCUT2D eigenvalue weighted by Gasteiger charge is -2.35. The smallest absolute Gasteiger partial charge is 0.257 e. The fraction of sp³-hybridized carbons (Fsp3) is 0.346. The number of nitrogens with zero attached hydrogens (tertiary/aromatic N) is 5. The Balaban J connectivity index is 1.21. The summed E-state index contributed by atoms with van der Waals surface area (Å²) in [5, 5.41) is 8.95. The third-order valence-electron chi connectivity index (χ3n) is 6.30. The second-order valence-corrected chi connectivity index (χ2v) is 8.49. The topological polar surface area (TPSA) is 61.8 Å². The van der Waals surface area contributed by atoms with Crippen LogP contribution in [0.5, 0.6) is 11.5 Å². The van der Waals surface area contributed by atoms with Gasteiger partial charge in [-0.15, -0.1) is 10.2 Å². The van der Waals surface area contributed by atoms with Gasteiger partial charge in [-0.05, 0) is 55.7 Å². The van der Waals surface area contributed by atoms with Gasteiger partial charge in [0, 0.05) is 39.3 Å². The lowest BCUT2D eigenvalue weighted by atomic mass is 10.1. The van der Waals surface area contributed by atoms with Crippen LogP contribution in [0.2, 0.25) is 0 Å². The number of anilines is 2. The molecule has 2 aliphatic rings. The quantitative estimate of drug-likeness (QED) is 0.588. The number of hydrogen-bond acceptors (Lipinski definition) is 6. The number of aromatic nitrogens is 2. The van der Waals surface area contributed by atoms with Gasteiger partial charge >= 0.3 is 0 Å². The molecule has 0 atom stereocenters. The van der Waals surface area contributed by atoms with E-state index in [2.05, 4.69) is 32.1 Å². The summed E-state index contributed by atoms with van der Waals surface area (Å²) in [7, 11) is 0. The number of hydrogen-bond donors (Lipinski definition) is 0. The summed E-state index contributed by atoms with van der Waals surface area (Å²) >= 11 is 0. The Morgan fingerprint density at radius 2 is 1.27 bits per heavy atom. The largest absolute Gasteiger partial charge is 0.457 e. The van der Waals surface area contributed by atoms with Crippen LogP contribution in [0.1, 0.15) is 29.6 Å². The molecule has 7 heteroatoms. The number of carbonyl (C=O) groups excluding carboxylic acids is 1. The van der Waals surface area contributed by atoms with Crippen LogP contribution in [0.3, 0.4) is 0 Å². The molecule has 3 heterocycles. The maximum Gasteiger partial charge on any atom is 0.257 e. The molecule has 2 saturated heterocycles. The SMILES string of the molecule is O=C(c1ccccc1Oc1ccccc1)N1CCN(c2ccc(N3CCCCC3)nn2)CC1. The number of para-hydroxylation sites is 2. The fourth-order valence-corrected chi connectivity index (χ4v) is 4.44. The Bertz CT molecular complexity index is 1060. The molecule has 0 aliphatic carbocycles. The summed E-state index contributed by atoms with van der Waals surface area (Å²) in [6, 6.07) is 21.1. The number of piperidine rings is 1. The van der Waals surface area contributed by atoms with E-state index in [4.69, 9.17) is 4.74 Å². The maximum atomic E-state index is 13.3. The average molecular weight is 444 g/mol. The zero-order chi connectivity index (χ0) is 22.5. The first-order chi connectivity index (χ1) is 16.3. The number of amides is 1. The van der Waals surface area contributed by atoms with Gasteiger partial charge in [-0.25, -0.2) is 0 Å². The Hall–Kier alpha value is -3.61.